The zero-order valence-electron chi connectivity index (χ0n) is 16.3. The van der Waals surface area contributed by atoms with Crippen molar-refractivity contribution in [2.24, 2.45) is 5.92 Å². The summed E-state index contributed by atoms with van der Waals surface area (Å²) in [7, 11) is 0. The van der Waals surface area contributed by atoms with Gasteiger partial charge in [-0.15, -0.1) is 0 Å². The first-order valence-electron chi connectivity index (χ1n) is 9.43. The van der Waals surface area contributed by atoms with Crippen LogP contribution in [0.15, 0.2) is 40.1 Å². The van der Waals surface area contributed by atoms with Gasteiger partial charge in [-0.1, -0.05) is 25.4 Å². The summed E-state index contributed by atoms with van der Waals surface area (Å²) >= 11 is 6.19. The lowest BCUT2D eigenvalue weighted by atomic mass is 9.91. The van der Waals surface area contributed by atoms with Crippen molar-refractivity contribution in [2.75, 3.05) is 5.32 Å². The van der Waals surface area contributed by atoms with Crippen molar-refractivity contribution in [3.8, 4) is 0 Å². The van der Waals surface area contributed by atoms with E-state index in [0.29, 0.717) is 39.8 Å². The standard InChI is InChI=1S/C21H22ClN3O4/c1-9(2)16(14-7-4-10(3)29-14)25-18-17(19(26)20(18)27)24-13-6-5-12(22)11-8-23-21(28)15(11)13/h4-7,9,16,19,24-26H,8H2,1-3H3,(H,23,28)/t16-,19?/m1/s1. The van der Waals surface area contributed by atoms with Gasteiger partial charge in [0.1, 0.15) is 17.2 Å². The van der Waals surface area contributed by atoms with E-state index in [0.717, 1.165) is 5.76 Å². The zero-order valence-corrected chi connectivity index (χ0v) is 17.1. The molecule has 0 spiro atoms. The third kappa shape index (κ3) is 3.30. The number of anilines is 1. The van der Waals surface area contributed by atoms with Crippen molar-refractivity contribution in [3.05, 3.63) is 63.3 Å². The molecule has 2 aliphatic rings. The molecule has 4 rings (SSSR count). The first-order valence-corrected chi connectivity index (χ1v) is 9.81. The summed E-state index contributed by atoms with van der Waals surface area (Å²) in [6.07, 6.45) is -1.28. The van der Waals surface area contributed by atoms with Crippen LogP contribution < -0.4 is 16.0 Å². The SMILES string of the molecule is Cc1ccc([C@H](NC2=C(Nc3ccc(Cl)c4c3C(=O)NC4)C(O)C2=O)C(C)C)o1. The van der Waals surface area contributed by atoms with Crippen LogP contribution in [0.5, 0.6) is 0 Å². The highest BCUT2D eigenvalue weighted by Crippen LogP contribution is 2.35. The maximum absolute atomic E-state index is 12.4. The van der Waals surface area contributed by atoms with Crippen molar-refractivity contribution in [1.29, 1.82) is 0 Å². The van der Waals surface area contributed by atoms with E-state index >= 15 is 0 Å². The lowest BCUT2D eigenvalue weighted by Gasteiger charge is -2.33. The molecule has 4 N–H and O–H groups in total. The van der Waals surface area contributed by atoms with Crippen molar-refractivity contribution in [2.45, 2.75) is 39.5 Å². The number of Topliss-reactive ketones (excluding diaryl/α,β-unsaturated/α-hetero) is 1. The number of amides is 1. The monoisotopic (exact) mass is 415 g/mol. The first kappa shape index (κ1) is 19.5. The van der Waals surface area contributed by atoms with E-state index < -0.39 is 11.9 Å². The molecular weight excluding hydrogens is 394 g/mol. The fraction of sp³-hybridized carbons (Fsp3) is 0.333. The molecule has 7 nitrogen and oxygen atoms in total. The van der Waals surface area contributed by atoms with Crippen LogP contribution in [-0.4, -0.2) is 22.9 Å². The van der Waals surface area contributed by atoms with Gasteiger partial charge in [-0.2, -0.15) is 0 Å². The van der Waals surface area contributed by atoms with Gasteiger partial charge in [0.2, 0.25) is 5.78 Å². The quantitative estimate of drug-likeness (QED) is 0.578. The second-order valence-electron chi connectivity index (χ2n) is 7.63. The summed E-state index contributed by atoms with van der Waals surface area (Å²) in [5.41, 5.74) is 2.23. The Kier molecular flexibility index (Phi) is 4.88. The third-order valence-electron chi connectivity index (χ3n) is 5.25. The van der Waals surface area contributed by atoms with Crippen molar-refractivity contribution < 1.29 is 19.1 Å². The fourth-order valence-corrected chi connectivity index (χ4v) is 3.87. The molecule has 1 amide bonds. The molecule has 1 aliphatic carbocycles. The Morgan fingerprint density at radius 3 is 2.66 bits per heavy atom. The van der Waals surface area contributed by atoms with E-state index in [9.17, 15) is 14.7 Å². The Balaban J connectivity index is 1.67. The Bertz CT molecular complexity index is 1040. The molecule has 0 fully saturated rings. The number of carbonyl (C=O) groups is 2. The van der Waals surface area contributed by atoms with Gasteiger partial charge < -0.3 is 25.5 Å². The number of benzene rings is 1. The zero-order chi connectivity index (χ0) is 20.9. The lowest BCUT2D eigenvalue weighted by molar-refractivity contribution is -0.125. The number of hydrogen-bond donors (Lipinski definition) is 4. The number of aliphatic hydroxyl groups is 1. The van der Waals surface area contributed by atoms with Crippen molar-refractivity contribution in [3.63, 3.8) is 0 Å². The second-order valence-corrected chi connectivity index (χ2v) is 8.03. The molecule has 0 radical (unpaired) electrons. The van der Waals surface area contributed by atoms with Crippen LogP contribution >= 0.6 is 11.6 Å². The van der Waals surface area contributed by atoms with Crippen LogP contribution in [0.4, 0.5) is 5.69 Å². The average Bonchev–Trinajstić information content (AvgIpc) is 3.29. The van der Waals surface area contributed by atoms with E-state index in [1.54, 1.807) is 12.1 Å². The van der Waals surface area contributed by atoms with Crippen molar-refractivity contribution >= 4 is 29.0 Å². The van der Waals surface area contributed by atoms with Crippen LogP contribution in [0.2, 0.25) is 5.02 Å². The van der Waals surface area contributed by atoms with Gasteiger partial charge in [0.15, 0.2) is 6.10 Å². The molecule has 152 valence electrons. The smallest absolute Gasteiger partial charge is 0.254 e. The summed E-state index contributed by atoms with van der Waals surface area (Å²) in [5, 5.41) is 19.8. The number of carbonyl (C=O) groups excluding carboxylic acids is 2. The normalized spacial score (nSPS) is 19.2. The largest absolute Gasteiger partial charge is 0.464 e. The number of aliphatic hydroxyl groups excluding tert-OH is 1. The topological polar surface area (TPSA) is 104 Å². The van der Waals surface area contributed by atoms with Crippen LogP contribution in [0.1, 0.15) is 47.3 Å². The molecule has 2 heterocycles. The Morgan fingerprint density at radius 1 is 1.24 bits per heavy atom. The third-order valence-corrected chi connectivity index (χ3v) is 5.60. The van der Waals surface area contributed by atoms with Crippen LogP contribution in [0.3, 0.4) is 0 Å². The Morgan fingerprint density at radius 2 is 2.00 bits per heavy atom. The maximum atomic E-state index is 12.4. The summed E-state index contributed by atoms with van der Waals surface area (Å²) in [5.74, 6) is 0.973. The van der Waals surface area contributed by atoms with Gasteiger partial charge in [0.25, 0.3) is 5.91 Å². The van der Waals surface area contributed by atoms with E-state index in [1.165, 1.54) is 0 Å². The van der Waals surface area contributed by atoms with Crippen molar-refractivity contribution in [1.82, 2.24) is 10.6 Å². The lowest BCUT2D eigenvalue weighted by Crippen LogP contribution is -2.47. The summed E-state index contributed by atoms with van der Waals surface area (Å²) in [4.78, 5) is 24.6. The summed E-state index contributed by atoms with van der Waals surface area (Å²) in [6, 6.07) is 6.85. The molecular formula is C21H22ClN3O4. The molecule has 1 aliphatic heterocycles. The molecule has 1 aromatic carbocycles. The number of ketones is 1. The number of aryl methyl sites for hydroxylation is 1. The number of fused-ring (bicyclic) bond motifs is 1. The highest BCUT2D eigenvalue weighted by atomic mass is 35.5. The minimum atomic E-state index is -1.28. The molecule has 0 saturated heterocycles. The minimum absolute atomic E-state index is 0.130. The summed E-state index contributed by atoms with van der Waals surface area (Å²) in [6.45, 7) is 6.23. The van der Waals surface area contributed by atoms with Crippen LogP contribution in [0, 0.1) is 12.8 Å². The average molecular weight is 416 g/mol. The maximum Gasteiger partial charge on any atom is 0.254 e. The van der Waals surface area contributed by atoms with Gasteiger partial charge in [-0.05, 0) is 37.1 Å². The molecule has 2 atom stereocenters. The molecule has 8 heteroatoms. The Labute approximate surface area is 173 Å². The predicted molar refractivity (Wildman–Crippen MR) is 108 cm³/mol. The highest BCUT2D eigenvalue weighted by molar-refractivity contribution is 6.32. The van der Waals surface area contributed by atoms with Gasteiger partial charge in [0.05, 0.1) is 23.0 Å². The molecule has 1 aromatic heterocycles. The second kappa shape index (κ2) is 7.24. The Hall–Kier alpha value is -2.77. The minimum Gasteiger partial charge on any atom is -0.464 e. The summed E-state index contributed by atoms with van der Waals surface area (Å²) < 4.78 is 5.73. The van der Waals surface area contributed by atoms with E-state index in [-0.39, 0.29) is 23.6 Å². The van der Waals surface area contributed by atoms with Crippen LogP contribution in [-0.2, 0) is 11.3 Å². The number of hydrogen-bond acceptors (Lipinski definition) is 6. The number of halogens is 1. The molecule has 1 unspecified atom stereocenters. The van der Waals surface area contributed by atoms with Gasteiger partial charge in [0, 0.05) is 17.1 Å². The predicted octanol–water partition coefficient (Wildman–Crippen LogP) is 3.04. The number of rotatable bonds is 6. The van der Waals surface area contributed by atoms with Gasteiger partial charge in [-0.25, -0.2) is 0 Å². The molecule has 0 bridgehead atoms. The van der Waals surface area contributed by atoms with Gasteiger partial charge in [-0.3, -0.25) is 9.59 Å². The van der Waals surface area contributed by atoms with E-state index in [2.05, 4.69) is 16.0 Å². The highest BCUT2D eigenvalue weighted by Gasteiger charge is 2.41. The number of furan rings is 1. The van der Waals surface area contributed by atoms with Gasteiger partial charge >= 0.3 is 0 Å². The molecule has 2 aromatic rings. The fourth-order valence-electron chi connectivity index (χ4n) is 3.64. The first-order chi connectivity index (χ1) is 13.8. The van der Waals surface area contributed by atoms with E-state index in [4.69, 9.17) is 16.0 Å². The van der Waals surface area contributed by atoms with Crippen LogP contribution in [0.25, 0.3) is 0 Å². The van der Waals surface area contributed by atoms with E-state index in [1.807, 2.05) is 32.9 Å². The number of nitrogens with one attached hydrogen (secondary N) is 3. The molecule has 29 heavy (non-hydrogen) atoms. The molecule has 0 saturated carbocycles.